The molecule has 3 rings (SSSR count). The van der Waals surface area contributed by atoms with E-state index in [-0.39, 0.29) is 11.6 Å². The summed E-state index contributed by atoms with van der Waals surface area (Å²) in [7, 11) is 0. The second kappa shape index (κ2) is 9.35. The minimum atomic E-state index is -1.12. The molecular formula is C22H26N2O4. The lowest BCUT2D eigenvalue weighted by molar-refractivity contribution is 0.0686. The van der Waals surface area contributed by atoms with E-state index >= 15 is 0 Å². The summed E-state index contributed by atoms with van der Waals surface area (Å²) in [5, 5.41) is 9.04. The third kappa shape index (κ3) is 5.09. The van der Waals surface area contributed by atoms with Crippen molar-refractivity contribution >= 4 is 11.9 Å². The van der Waals surface area contributed by atoms with E-state index in [0.717, 1.165) is 31.4 Å². The molecule has 148 valence electrons. The van der Waals surface area contributed by atoms with Crippen LogP contribution in [0.4, 0.5) is 0 Å². The Hall–Kier alpha value is -2.89. The minimum absolute atomic E-state index is 0.101. The zero-order chi connectivity index (χ0) is 19.9. The molecule has 1 N–H and O–H groups in total. The SMILES string of the molecule is CCOc1ccc(CCC2CCN(C(=O)c3ccnc(C(=O)O)c3)CC2)cc1. The number of likely N-dealkylation sites (tertiary alicyclic amines) is 1. The molecule has 1 aliphatic rings. The molecule has 1 fully saturated rings. The second-order valence-electron chi connectivity index (χ2n) is 7.09. The number of carboxylic acids is 1. The van der Waals surface area contributed by atoms with E-state index in [0.29, 0.717) is 31.2 Å². The Kier molecular flexibility index (Phi) is 6.63. The summed E-state index contributed by atoms with van der Waals surface area (Å²) in [6, 6.07) is 11.2. The maximum Gasteiger partial charge on any atom is 0.354 e. The maximum atomic E-state index is 12.6. The van der Waals surface area contributed by atoms with Crippen molar-refractivity contribution in [3.63, 3.8) is 0 Å². The lowest BCUT2D eigenvalue weighted by Gasteiger charge is -2.32. The number of rotatable bonds is 7. The molecule has 1 aliphatic heterocycles. The number of carbonyl (C=O) groups is 2. The summed E-state index contributed by atoms with van der Waals surface area (Å²) in [6.07, 6.45) is 5.45. The van der Waals surface area contributed by atoms with E-state index in [1.165, 1.54) is 17.8 Å². The Morgan fingerprint density at radius 1 is 1.18 bits per heavy atom. The lowest BCUT2D eigenvalue weighted by Crippen LogP contribution is -2.38. The van der Waals surface area contributed by atoms with Gasteiger partial charge < -0.3 is 14.7 Å². The van der Waals surface area contributed by atoms with Crippen molar-refractivity contribution in [3.05, 3.63) is 59.4 Å². The summed E-state index contributed by atoms with van der Waals surface area (Å²) in [4.78, 5) is 29.3. The summed E-state index contributed by atoms with van der Waals surface area (Å²) in [6.45, 7) is 4.06. The molecule has 1 amide bonds. The van der Waals surface area contributed by atoms with Crippen LogP contribution in [0.3, 0.4) is 0 Å². The molecule has 0 bridgehead atoms. The van der Waals surface area contributed by atoms with Crippen molar-refractivity contribution in [1.82, 2.24) is 9.88 Å². The third-order valence-corrected chi connectivity index (χ3v) is 5.20. The number of pyridine rings is 1. The molecule has 6 nitrogen and oxygen atoms in total. The van der Waals surface area contributed by atoms with Gasteiger partial charge in [-0.2, -0.15) is 0 Å². The molecule has 1 aromatic carbocycles. The van der Waals surface area contributed by atoms with Crippen molar-refractivity contribution in [1.29, 1.82) is 0 Å². The highest BCUT2D eigenvalue weighted by molar-refractivity contribution is 5.96. The smallest absolute Gasteiger partial charge is 0.354 e. The summed E-state index contributed by atoms with van der Waals surface area (Å²) in [5.41, 5.74) is 1.59. The lowest BCUT2D eigenvalue weighted by atomic mass is 9.90. The Morgan fingerprint density at radius 3 is 2.54 bits per heavy atom. The van der Waals surface area contributed by atoms with Crippen LogP contribution in [0.5, 0.6) is 5.75 Å². The first-order valence-corrected chi connectivity index (χ1v) is 9.77. The number of ether oxygens (including phenoxy) is 1. The molecule has 1 aromatic heterocycles. The number of hydrogen-bond donors (Lipinski definition) is 1. The van der Waals surface area contributed by atoms with Gasteiger partial charge in [-0.15, -0.1) is 0 Å². The van der Waals surface area contributed by atoms with Gasteiger partial charge in [0.25, 0.3) is 5.91 Å². The fraction of sp³-hybridized carbons (Fsp3) is 0.409. The number of aromatic nitrogens is 1. The van der Waals surface area contributed by atoms with Crippen LogP contribution in [0, 0.1) is 5.92 Å². The largest absolute Gasteiger partial charge is 0.494 e. The van der Waals surface area contributed by atoms with Gasteiger partial charge in [0, 0.05) is 24.8 Å². The monoisotopic (exact) mass is 382 g/mol. The van der Waals surface area contributed by atoms with Crippen LogP contribution in [-0.2, 0) is 6.42 Å². The van der Waals surface area contributed by atoms with Gasteiger partial charge in [-0.05, 0) is 68.4 Å². The molecular weight excluding hydrogens is 356 g/mol. The molecule has 0 unspecified atom stereocenters. The zero-order valence-corrected chi connectivity index (χ0v) is 16.1. The highest BCUT2D eigenvalue weighted by Gasteiger charge is 2.24. The number of benzene rings is 1. The number of aryl methyl sites for hydroxylation is 1. The standard InChI is InChI=1S/C22H26N2O4/c1-2-28-19-7-5-16(6-8-19)3-4-17-10-13-24(14-11-17)21(25)18-9-12-23-20(15-18)22(26)27/h5-9,12,15,17H,2-4,10-11,13-14H2,1H3,(H,26,27). The highest BCUT2D eigenvalue weighted by atomic mass is 16.5. The Bertz CT molecular complexity index is 812. The van der Waals surface area contributed by atoms with Crippen LogP contribution < -0.4 is 4.74 Å². The molecule has 2 heterocycles. The van der Waals surface area contributed by atoms with E-state index in [1.807, 2.05) is 24.0 Å². The predicted molar refractivity (Wildman–Crippen MR) is 106 cm³/mol. The van der Waals surface area contributed by atoms with Crippen molar-refractivity contribution in [2.45, 2.75) is 32.6 Å². The van der Waals surface area contributed by atoms with Crippen LogP contribution in [0.25, 0.3) is 0 Å². The van der Waals surface area contributed by atoms with Crippen LogP contribution >= 0.6 is 0 Å². The molecule has 1 saturated heterocycles. The summed E-state index contributed by atoms with van der Waals surface area (Å²) in [5.74, 6) is 0.264. The van der Waals surface area contributed by atoms with E-state index in [4.69, 9.17) is 9.84 Å². The van der Waals surface area contributed by atoms with Crippen LogP contribution in [-0.4, -0.2) is 46.6 Å². The fourth-order valence-corrected chi connectivity index (χ4v) is 3.58. The van der Waals surface area contributed by atoms with Gasteiger partial charge in [0.15, 0.2) is 0 Å². The quantitative estimate of drug-likeness (QED) is 0.790. The maximum absolute atomic E-state index is 12.6. The van der Waals surface area contributed by atoms with Crippen molar-refractivity contribution in [3.8, 4) is 5.75 Å². The highest BCUT2D eigenvalue weighted by Crippen LogP contribution is 2.24. The third-order valence-electron chi connectivity index (χ3n) is 5.20. The molecule has 28 heavy (non-hydrogen) atoms. The number of nitrogens with zero attached hydrogens (tertiary/aromatic N) is 2. The van der Waals surface area contributed by atoms with Crippen molar-refractivity contribution in [2.75, 3.05) is 19.7 Å². The van der Waals surface area contributed by atoms with E-state index in [9.17, 15) is 9.59 Å². The van der Waals surface area contributed by atoms with E-state index in [1.54, 1.807) is 6.07 Å². The van der Waals surface area contributed by atoms with Gasteiger partial charge in [0.1, 0.15) is 11.4 Å². The number of hydrogen-bond acceptors (Lipinski definition) is 4. The molecule has 0 saturated carbocycles. The minimum Gasteiger partial charge on any atom is -0.494 e. The Labute approximate surface area is 165 Å². The molecule has 0 atom stereocenters. The topological polar surface area (TPSA) is 79.7 Å². The molecule has 0 aliphatic carbocycles. The van der Waals surface area contributed by atoms with Gasteiger partial charge >= 0.3 is 5.97 Å². The van der Waals surface area contributed by atoms with E-state index < -0.39 is 5.97 Å². The number of amides is 1. The molecule has 0 radical (unpaired) electrons. The fourth-order valence-electron chi connectivity index (χ4n) is 3.58. The first-order valence-electron chi connectivity index (χ1n) is 9.77. The number of carbonyl (C=O) groups excluding carboxylic acids is 1. The van der Waals surface area contributed by atoms with Gasteiger partial charge in [0.2, 0.25) is 0 Å². The average Bonchev–Trinajstić information content (AvgIpc) is 2.73. The normalized spacial score (nSPS) is 14.7. The molecule has 2 aromatic rings. The zero-order valence-electron chi connectivity index (χ0n) is 16.1. The van der Waals surface area contributed by atoms with Gasteiger partial charge in [0.05, 0.1) is 6.61 Å². The van der Waals surface area contributed by atoms with Gasteiger partial charge in [-0.1, -0.05) is 12.1 Å². The second-order valence-corrected chi connectivity index (χ2v) is 7.09. The first kappa shape index (κ1) is 19.9. The van der Waals surface area contributed by atoms with Crippen molar-refractivity contribution in [2.24, 2.45) is 5.92 Å². The van der Waals surface area contributed by atoms with Crippen LogP contribution in [0.2, 0.25) is 0 Å². The van der Waals surface area contributed by atoms with Crippen LogP contribution in [0.15, 0.2) is 42.6 Å². The average molecular weight is 382 g/mol. The first-order chi connectivity index (χ1) is 13.6. The van der Waals surface area contributed by atoms with Crippen LogP contribution in [0.1, 0.15) is 52.6 Å². The summed E-state index contributed by atoms with van der Waals surface area (Å²) >= 11 is 0. The van der Waals surface area contributed by atoms with E-state index in [2.05, 4.69) is 17.1 Å². The predicted octanol–water partition coefficient (Wildman–Crippen LogP) is 3.66. The number of carboxylic acid groups (broad SMARTS) is 1. The summed E-state index contributed by atoms with van der Waals surface area (Å²) < 4.78 is 5.47. The number of aromatic carboxylic acids is 1. The molecule has 6 heteroatoms. The van der Waals surface area contributed by atoms with Gasteiger partial charge in [-0.25, -0.2) is 9.78 Å². The Morgan fingerprint density at radius 2 is 1.89 bits per heavy atom. The Balaban J connectivity index is 1.48. The molecule has 0 spiro atoms. The van der Waals surface area contributed by atoms with Crippen molar-refractivity contribution < 1.29 is 19.4 Å². The van der Waals surface area contributed by atoms with Gasteiger partial charge in [-0.3, -0.25) is 4.79 Å². The number of piperidine rings is 1.